The third-order valence-electron chi connectivity index (χ3n) is 3.26. The Morgan fingerprint density at radius 2 is 2.14 bits per heavy atom. The van der Waals surface area contributed by atoms with Gasteiger partial charge in [-0.15, -0.1) is 0 Å². The summed E-state index contributed by atoms with van der Waals surface area (Å²) in [6.07, 6.45) is -1.69. The molecule has 1 heterocycles. The van der Waals surface area contributed by atoms with Gasteiger partial charge >= 0.3 is 5.97 Å². The molecule has 3 atom stereocenters. The lowest BCUT2D eigenvalue weighted by molar-refractivity contribution is -0.358. The van der Waals surface area contributed by atoms with E-state index in [4.69, 9.17) is 25.8 Å². The molecule has 0 radical (unpaired) electrons. The molecule has 1 aliphatic heterocycles. The van der Waals surface area contributed by atoms with E-state index in [1.54, 1.807) is 18.2 Å². The second-order valence-electron chi connectivity index (χ2n) is 6.75. The molecule has 0 spiro atoms. The number of carbonyl (C=O) groups is 1. The standard InChI is InChI=1S/C16H21ClO5/c1-15(2,3)13-20-9-16(4,19)14(22-13)21-12(18)10-6-5-7-11(17)8-10/h5-8,13-14,19H,9H2,1-4H3/t13?,14-,16-/m0/s1. The smallest absolute Gasteiger partial charge is 0.340 e. The number of halogens is 1. The minimum atomic E-state index is -1.42. The zero-order valence-electron chi connectivity index (χ0n) is 13.1. The molecule has 1 unspecified atom stereocenters. The monoisotopic (exact) mass is 328 g/mol. The molecule has 1 saturated heterocycles. The summed E-state index contributed by atoms with van der Waals surface area (Å²) in [6.45, 7) is 7.33. The Balaban J connectivity index is 2.13. The van der Waals surface area contributed by atoms with Crippen molar-refractivity contribution in [2.45, 2.75) is 45.9 Å². The first-order valence-electron chi connectivity index (χ1n) is 7.05. The second kappa shape index (κ2) is 6.16. The van der Waals surface area contributed by atoms with Crippen molar-refractivity contribution < 1.29 is 24.1 Å². The van der Waals surface area contributed by atoms with Crippen molar-refractivity contribution in [3.63, 3.8) is 0 Å². The van der Waals surface area contributed by atoms with E-state index in [2.05, 4.69) is 0 Å². The van der Waals surface area contributed by atoms with Gasteiger partial charge in [0.15, 0.2) is 6.29 Å². The molecule has 0 aromatic heterocycles. The minimum Gasteiger partial charge on any atom is -0.429 e. The van der Waals surface area contributed by atoms with E-state index in [1.165, 1.54) is 13.0 Å². The number of hydrogen-bond acceptors (Lipinski definition) is 5. The van der Waals surface area contributed by atoms with Crippen LogP contribution in [0.5, 0.6) is 0 Å². The Morgan fingerprint density at radius 1 is 1.45 bits per heavy atom. The van der Waals surface area contributed by atoms with E-state index >= 15 is 0 Å². The molecule has 1 aromatic carbocycles. The Labute approximate surface area is 135 Å². The Hall–Kier alpha value is -1.14. The first-order valence-corrected chi connectivity index (χ1v) is 7.43. The van der Waals surface area contributed by atoms with Gasteiger partial charge in [0.25, 0.3) is 0 Å². The Bertz CT molecular complexity index is 550. The van der Waals surface area contributed by atoms with E-state index in [0.717, 1.165) is 0 Å². The zero-order chi connectivity index (χ0) is 16.5. The van der Waals surface area contributed by atoms with Crippen molar-refractivity contribution in [3.8, 4) is 0 Å². The van der Waals surface area contributed by atoms with E-state index in [0.29, 0.717) is 10.6 Å². The third-order valence-corrected chi connectivity index (χ3v) is 3.50. The van der Waals surface area contributed by atoms with Crippen LogP contribution in [0.4, 0.5) is 0 Å². The van der Waals surface area contributed by atoms with E-state index < -0.39 is 24.2 Å². The molecule has 1 fully saturated rings. The minimum absolute atomic E-state index is 0.0163. The molecule has 2 rings (SSSR count). The van der Waals surface area contributed by atoms with Crippen LogP contribution in [0.2, 0.25) is 5.02 Å². The number of ether oxygens (including phenoxy) is 3. The molecule has 0 saturated carbocycles. The maximum absolute atomic E-state index is 12.2. The average Bonchev–Trinajstić information content (AvgIpc) is 2.39. The topological polar surface area (TPSA) is 65.0 Å². The van der Waals surface area contributed by atoms with Crippen molar-refractivity contribution in [2.24, 2.45) is 5.41 Å². The molecular weight excluding hydrogens is 308 g/mol. The largest absolute Gasteiger partial charge is 0.429 e. The van der Waals surface area contributed by atoms with Crippen LogP contribution >= 0.6 is 11.6 Å². The highest BCUT2D eigenvalue weighted by atomic mass is 35.5. The number of carbonyl (C=O) groups excluding carboxylic acids is 1. The van der Waals surface area contributed by atoms with Crippen LogP contribution in [0.3, 0.4) is 0 Å². The van der Waals surface area contributed by atoms with Crippen molar-refractivity contribution in [1.29, 1.82) is 0 Å². The fraction of sp³-hybridized carbons (Fsp3) is 0.562. The van der Waals surface area contributed by atoms with Gasteiger partial charge in [-0.3, -0.25) is 0 Å². The summed E-state index contributed by atoms with van der Waals surface area (Å²) in [7, 11) is 0. The molecule has 22 heavy (non-hydrogen) atoms. The summed E-state index contributed by atoms with van der Waals surface area (Å²) in [5, 5.41) is 10.7. The molecule has 1 aliphatic rings. The Kier molecular flexibility index (Phi) is 4.82. The predicted molar refractivity (Wildman–Crippen MR) is 81.6 cm³/mol. The van der Waals surface area contributed by atoms with Crippen LogP contribution in [-0.4, -0.2) is 35.9 Å². The van der Waals surface area contributed by atoms with Gasteiger partial charge in [0, 0.05) is 10.4 Å². The lowest BCUT2D eigenvalue weighted by Gasteiger charge is -2.43. The van der Waals surface area contributed by atoms with Crippen molar-refractivity contribution in [1.82, 2.24) is 0 Å². The summed E-state index contributed by atoms with van der Waals surface area (Å²) in [5.74, 6) is -0.609. The zero-order valence-corrected chi connectivity index (χ0v) is 13.9. The quantitative estimate of drug-likeness (QED) is 0.845. The summed E-state index contributed by atoms with van der Waals surface area (Å²) in [6, 6.07) is 6.40. The van der Waals surface area contributed by atoms with Crippen LogP contribution in [0.25, 0.3) is 0 Å². The van der Waals surface area contributed by atoms with E-state index in [-0.39, 0.29) is 12.0 Å². The fourth-order valence-corrected chi connectivity index (χ4v) is 2.19. The second-order valence-corrected chi connectivity index (χ2v) is 7.19. The number of benzene rings is 1. The molecule has 1 aromatic rings. The first kappa shape index (κ1) is 17.2. The van der Waals surface area contributed by atoms with Crippen LogP contribution in [0.15, 0.2) is 24.3 Å². The van der Waals surface area contributed by atoms with Crippen molar-refractivity contribution in [2.75, 3.05) is 6.61 Å². The predicted octanol–water partition coefficient (Wildman–Crippen LogP) is 2.99. The number of aliphatic hydroxyl groups is 1. The average molecular weight is 329 g/mol. The van der Waals surface area contributed by atoms with Crippen LogP contribution in [0, 0.1) is 5.41 Å². The Morgan fingerprint density at radius 3 is 2.73 bits per heavy atom. The van der Waals surface area contributed by atoms with Gasteiger partial charge in [-0.05, 0) is 25.1 Å². The summed E-state index contributed by atoms with van der Waals surface area (Å²) in [4.78, 5) is 12.2. The lowest BCUT2D eigenvalue weighted by Crippen LogP contribution is -2.56. The van der Waals surface area contributed by atoms with Gasteiger partial charge in [0.2, 0.25) is 6.29 Å². The molecule has 6 heteroatoms. The van der Waals surface area contributed by atoms with Crippen molar-refractivity contribution in [3.05, 3.63) is 34.9 Å². The highest BCUT2D eigenvalue weighted by molar-refractivity contribution is 6.30. The molecule has 0 amide bonds. The lowest BCUT2D eigenvalue weighted by atomic mass is 9.94. The summed E-state index contributed by atoms with van der Waals surface area (Å²) < 4.78 is 16.5. The summed E-state index contributed by atoms with van der Waals surface area (Å²) in [5.41, 5.74) is -1.43. The molecule has 0 aliphatic carbocycles. The third kappa shape index (κ3) is 3.98. The molecule has 5 nitrogen and oxygen atoms in total. The maximum atomic E-state index is 12.2. The van der Waals surface area contributed by atoms with Crippen LogP contribution < -0.4 is 0 Å². The highest BCUT2D eigenvalue weighted by Crippen LogP contribution is 2.33. The van der Waals surface area contributed by atoms with Gasteiger partial charge in [0.05, 0.1) is 12.2 Å². The number of rotatable bonds is 2. The van der Waals surface area contributed by atoms with Gasteiger partial charge in [-0.2, -0.15) is 0 Å². The fourth-order valence-electron chi connectivity index (χ4n) is 2.00. The van der Waals surface area contributed by atoms with Gasteiger partial charge in [-0.1, -0.05) is 38.4 Å². The normalized spacial score (nSPS) is 29.2. The van der Waals surface area contributed by atoms with Gasteiger partial charge < -0.3 is 19.3 Å². The molecule has 0 bridgehead atoms. The molecule has 122 valence electrons. The number of hydrogen-bond donors (Lipinski definition) is 1. The first-order chi connectivity index (χ1) is 10.1. The molecular formula is C16H21ClO5. The van der Waals surface area contributed by atoms with Gasteiger partial charge in [0.1, 0.15) is 5.60 Å². The summed E-state index contributed by atoms with van der Waals surface area (Å²) >= 11 is 5.86. The number of esters is 1. The van der Waals surface area contributed by atoms with E-state index in [1.807, 2.05) is 20.8 Å². The van der Waals surface area contributed by atoms with Gasteiger partial charge in [-0.25, -0.2) is 4.79 Å². The maximum Gasteiger partial charge on any atom is 0.340 e. The highest BCUT2D eigenvalue weighted by Gasteiger charge is 2.46. The van der Waals surface area contributed by atoms with Crippen LogP contribution in [0.1, 0.15) is 38.1 Å². The van der Waals surface area contributed by atoms with Crippen molar-refractivity contribution >= 4 is 17.6 Å². The van der Waals surface area contributed by atoms with E-state index in [9.17, 15) is 9.90 Å². The SMILES string of the molecule is CC(C)(C)C1OC[C@](C)(O)[C@@H](OC(=O)c2cccc(Cl)c2)O1. The van der Waals surface area contributed by atoms with Crippen LogP contribution in [-0.2, 0) is 14.2 Å². The molecule has 1 N–H and O–H groups in total.